The lowest BCUT2D eigenvalue weighted by molar-refractivity contribution is 0.103. The van der Waals surface area contributed by atoms with Gasteiger partial charge in [0.15, 0.2) is 5.13 Å². The molecule has 0 aliphatic carbocycles. The number of urea groups is 1. The minimum Gasteiger partial charge on any atom is -0.321 e. The fourth-order valence-electron chi connectivity index (χ4n) is 2.50. The van der Waals surface area contributed by atoms with E-state index in [2.05, 4.69) is 27.9 Å². The van der Waals surface area contributed by atoms with Gasteiger partial charge in [-0.2, -0.15) is 0 Å². The lowest BCUT2D eigenvalue weighted by Crippen LogP contribution is -2.19. The molecule has 3 aromatic rings. The minimum atomic E-state index is -0.460. The highest BCUT2D eigenvalue weighted by Gasteiger charge is 2.17. The van der Waals surface area contributed by atoms with E-state index in [-0.39, 0.29) is 5.91 Å². The van der Waals surface area contributed by atoms with E-state index in [1.54, 1.807) is 31.2 Å². The number of aromatic nitrogens is 1. The Kier molecular flexibility index (Phi) is 6.28. The number of nitrogens with zero attached hydrogens (tertiary/aromatic N) is 1. The molecule has 0 atom stereocenters. The minimum absolute atomic E-state index is 0.262. The maximum Gasteiger partial charge on any atom is 0.325 e. The van der Waals surface area contributed by atoms with Gasteiger partial charge in [0.05, 0.1) is 5.69 Å². The Hall–Kier alpha value is -2.90. The van der Waals surface area contributed by atoms with Crippen LogP contribution >= 0.6 is 22.9 Å². The molecule has 0 radical (unpaired) electrons. The van der Waals surface area contributed by atoms with E-state index in [4.69, 9.17) is 11.6 Å². The maximum atomic E-state index is 12.5. The first kappa shape index (κ1) is 19.9. The van der Waals surface area contributed by atoms with Crippen LogP contribution in [0.1, 0.15) is 27.9 Å². The van der Waals surface area contributed by atoms with Gasteiger partial charge < -0.3 is 10.6 Å². The Morgan fingerprint density at radius 3 is 2.46 bits per heavy atom. The summed E-state index contributed by atoms with van der Waals surface area (Å²) in [6, 6.07) is 14.0. The average Bonchev–Trinajstić information content (AvgIpc) is 3.02. The Morgan fingerprint density at radius 1 is 1.04 bits per heavy atom. The first-order valence-corrected chi connectivity index (χ1v) is 9.85. The van der Waals surface area contributed by atoms with E-state index < -0.39 is 6.03 Å². The molecule has 28 heavy (non-hydrogen) atoms. The number of anilines is 3. The number of carbonyl (C=O) groups excluding carboxylic acids is 2. The molecule has 0 aliphatic rings. The van der Waals surface area contributed by atoms with E-state index in [1.165, 1.54) is 5.56 Å². The number of aryl methyl sites for hydroxylation is 2. The van der Waals surface area contributed by atoms with Crippen LogP contribution in [0.15, 0.2) is 48.5 Å². The van der Waals surface area contributed by atoms with Gasteiger partial charge in [0.2, 0.25) is 0 Å². The van der Waals surface area contributed by atoms with Crippen molar-refractivity contribution in [3.05, 3.63) is 69.7 Å². The van der Waals surface area contributed by atoms with Crippen LogP contribution in [0.3, 0.4) is 0 Å². The van der Waals surface area contributed by atoms with E-state index >= 15 is 0 Å². The summed E-state index contributed by atoms with van der Waals surface area (Å²) in [6.45, 7) is 3.80. The molecule has 6 nitrogen and oxygen atoms in total. The lowest BCUT2D eigenvalue weighted by atomic mass is 10.1. The molecule has 3 rings (SSSR count). The Bertz CT molecular complexity index is 1000. The van der Waals surface area contributed by atoms with E-state index in [0.29, 0.717) is 32.1 Å². The summed E-state index contributed by atoms with van der Waals surface area (Å²) in [7, 11) is 0. The third kappa shape index (κ3) is 5.09. The third-order valence-corrected chi connectivity index (χ3v) is 5.23. The lowest BCUT2D eigenvalue weighted by Gasteiger charge is -2.05. The van der Waals surface area contributed by atoms with Gasteiger partial charge >= 0.3 is 6.03 Å². The molecule has 0 fully saturated rings. The number of hydrogen-bond donors (Lipinski definition) is 3. The van der Waals surface area contributed by atoms with Crippen LogP contribution in [0.25, 0.3) is 0 Å². The van der Waals surface area contributed by atoms with E-state index in [1.807, 2.05) is 24.3 Å². The van der Waals surface area contributed by atoms with Crippen LogP contribution in [0.2, 0.25) is 5.02 Å². The SMILES string of the molecule is CCc1ccc(NC(=O)c2sc(NC(=O)Nc3cccc(Cl)c3)nc2C)cc1. The molecule has 1 aromatic heterocycles. The molecule has 0 aliphatic heterocycles. The molecule has 8 heteroatoms. The molecule has 0 saturated carbocycles. The largest absolute Gasteiger partial charge is 0.325 e. The molecule has 1 heterocycles. The van der Waals surface area contributed by atoms with Crippen molar-refractivity contribution in [2.45, 2.75) is 20.3 Å². The van der Waals surface area contributed by atoms with E-state index in [0.717, 1.165) is 17.8 Å². The van der Waals surface area contributed by atoms with Crippen molar-refractivity contribution in [1.82, 2.24) is 4.98 Å². The van der Waals surface area contributed by atoms with Gasteiger partial charge in [-0.25, -0.2) is 9.78 Å². The number of hydrogen-bond acceptors (Lipinski definition) is 4. The van der Waals surface area contributed by atoms with Gasteiger partial charge in [-0.05, 0) is 49.2 Å². The molecule has 0 saturated heterocycles. The number of halogens is 1. The number of nitrogens with one attached hydrogen (secondary N) is 3. The fourth-order valence-corrected chi connectivity index (χ4v) is 3.54. The van der Waals surface area contributed by atoms with Crippen LogP contribution in [-0.2, 0) is 6.42 Å². The summed E-state index contributed by atoms with van der Waals surface area (Å²) in [6.07, 6.45) is 0.939. The van der Waals surface area contributed by atoms with Gasteiger partial charge in [-0.3, -0.25) is 10.1 Å². The summed E-state index contributed by atoms with van der Waals surface area (Å²) < 4.78 is 0. The molecular formula is C20H19ClN4O2S. The number of amides is 3. The second kappa shape index (κ2) is 8.86. The monoisotopic (exact) mass is 414 g/mol. The standard InChI is InChI=1S/C20H19ClN4O2S/c1-3-13-7-9-15(10-8-13)23-18(26)17-12(2)22-20(28-17)25-19(27)24-16-6-4-5-14(21)11-16/h4-11H,3H2,1-2H3,(H,23,26)(H2,22,24,25,27). The number of thiazole rings is 1. The predicted octanol–water partition coefficient (Wildman–Crippen LogP) is 5.56. The number of rotatable bonds is 5. The Morgan fingerprint density at radius 2 is 1.79 bits per heavy atom. The molecule has 144 valence electrons. The zero-order valence-corrected chi connectivity index (χ0v) is 16.9. The fraction of sp³-hybridized carbons (Fsp3) is 0.150. The van der Waals surface area contributed by atoms with Crippen molar-refractivity contribution < 1.29 is 9.59 Å². The van der Waals surface area contributed by atoms with Crippen molar-refractivity contribution in [2.24, 2.45) is 0 Å². The molecule has 0 spiro atoms. The summed E-state index contributed by atoms with van der Waals surface area (Å²) in [4.78, 5) is 29.4. The highest BCUT2D eigenvalue weighted by Crippen LogP contribution is 2.24. The molecular weight excluding hydrogens is 396 g/mol. The van der Waals surface area contributed by atoms with Crippen molar-refractivity contribution in [3.63, 3.8) is 0 Å². The quantitative estimate of drug-likeness (QED) is 0.510. The van der Waals surface area contributed by atoms with Gasteiger partial charge in [0, 0.05) is 16.4 Å². The van der Waals surface area contributed by atoms with Gasteiger partial charge in [0.1, 0.15) is 4.88 Å². The van der Waals surface area contributed by atoms with Crippen LogP contribution in [-0.4, -0.2) is 16.9 Å². The van der Waals surface area contributed by atoms with Crippen molar-refractivity contribution >= 4 is 51.4 Å². The summed E-state index contributed by atoms with van der Waals surface area (Å²) in [5.74, 6) is -0.262. The highest BCUT2D eigenvalue weighted by atomic mass is 35.5. The van der Waals surface area contributed by atoms with Crippen molar-refractivity contribution in [1.29, 1.82) is 0 Å². The van der Waals surface area contributed by atoms with Gasteiger partial charge in [0.25, 0.3) is 5.91 Å². The average molecular weight is 415 g/mol. The molecule has 0 bridgehead atoms. The zero-order chi connectivity index (χ0) is 20.1. The predicted molar refractivity (Wildman–Crippen MR) is 115 cm³/mol. The third-order valence-electron chi connectivity index (χ3n) is 3.93. The van der Waals surface area contributed by atoms with E-state index in [9.17, 15) is 9.59 Å². The molecule has 0 unspecified atom stereocenters. The Balaban J connectivity index is 1.64. The first-order valence-electron chi connectivity index (χ1n) is 8.66. The Labute approximate surface area is 172 Å². The summed E-state index contributed by atoms with van der Waals surface area (Å²) in [5.41, 5.74) is 3.02. The normalized spacial score (nSPS) is 10.4. The zero-order valence-electron chi connectivity index (χ0n) is 15.4. The van der Waals surface area contributed by atoms with Gasteiger partial charge in [-0.1, -0.05) is 48.1 Å². The summed E-state index contributed by atoms with van der Waals surface area (Å²) >= 11 is 7.02. The second-order valence-corrected chi connectivity index (χ2v) is 7.46. The molecule has 3 amide bonds. The molecule has 3 N–H and O–H groups in total. The van der Waals surface area contributed by atoms with Crippen LogP contribution in [0, 0.1) is 6.92 Å². The smallest absolute Gasteiger partial charge is 0.321 e. The van der Waals surface area contributed by atoms with Crippen molar-refractivity contribution in [3.8, 4) is 0 Å². The van der Waals surface area contributed by atoms with Crippen LogP contribution < -0.4 is 16.0 Å². The number of benzene rings is 2. The van der Waals surface area contributed by atoms with Crippen LogP contribution in [0.5, 0.6) is 0 Å². The first-order chi connectivity index (χ1) is 13.4. The number of carbonyl (C=O) groups is 2. The summed E-state index contributed by atoms with van der Waals surface area (Å²) in [5, 5.41) is 9.02. The maximum absolute atomic E-state index is 12.5. The van der Waals surface area contributed by atoms with Crippen LogP contribution in [0.4, 0.5) is 21.3 Å². The molecule has 2 aromatic carbocycles. The highest BCUT2D eigenvalue weighted by molar-refractivity contribution is 7.17. The van der Waals surface area contributed by atoms with Crippen molar-refractivity contribution in [2.75, 3.05) is 16.0 Å². The second-order valence-electron chi connectivity index (χ2n) is 6.03. The van der Waals surface area contributed by atoms with Gasteiger partial charge in [-0.15, -0.1) is 0 Å². The topological polar surface area (TPSA) is 83.1 Å².